The van der Waals surface area contributed by atoms with Crippen LogP contribution in [0.25, 0.3) is 0 Å². The van der Waals surface area contributed by atoms with Gasteiger partial charge in [-0.15, -0.1) is 11.3 Å². The summed E-state index contributed by atoms with van der Waals surface area (Å²) < 4.78 is 5.52. The highest BCUT2D eigenvalue weighted by Crippen LogP contribution is 2.11. The second kappa shape index (κ2) is 6.47. The Hall–Kier alpha value is -1.69. The van der Waals surface area contributed by atoms with Crippen molar-refractivity contribution in [1.29, 1.82) is 0 Å². The van der Waals surface area contributed by atoms with Crippen molar-refractivity contribution in [3.63, 3.8) is 0 Å². The van der Waals surface area contributed by atoms with Gasteiger partial charge in [0.15, 0.2) is 0 Å². The number of rotatable bonds is 6. The molecule has 102 valence electrons. The van der Waals surface area contributed by atoms with Crippen molar-refractivity contribution in [2.75, 3.05) is 11.9 Å². The number of thiazole rings is 1. The molecule has 0 radical (unpaired) electrons. The van der Waals surface area contributed by atoms with E-state index in [1.165, 1.54) is 0 Å². The summed E-state index contributed by atoms with van der Waals surface area (Å²) in [6.45, 7) is 6.71. The molecule has 0 aliphatic carbocycles. The first-order valence-corrected chi connectivity index (χ1v) is 7.16. The molecule has 2 aromatic rings. The van der Waals surface area contributed by atoms with Crippen LogP contribution >= 0.6 is 11.3 Å². The first-order chi connectivity index (χ1) is 9.13. The van der Waals surface area contributed by atoms with E-state index < -0.39 is 0 Å². The number of ether oxygens (including phenoxy) is 1. The van der Waals surface area contributed by atoms with Gasteiger partial charge >= 0.3 is 0 Å². The van der Waals surface area contributed by atoms with Crippen molar-refractivity contribution in [3.05, 3.63) is 28.3 Å². The van der Waals surface area contributed by atoms with Gasteiger partial charge in [0.1, 0.15) is 0 Å². The summed E-state index contributed by atoms with van der Waals surface area (Å²) in [6, 6.07) is 1.76. The summed E-state index contributed by atoms with van der Waals surface area (Å²) in [5.41, 5.74) is 1.10. The lowest BCUT2D eigenvalue weighted by molar-refractivity contribution is 0.232. The molecule has 2 rings (SSSR count). The van der Waals surface area contributed by atoms with Crippen LogP contribution in [0.3, 0.4) is 0 Å². The van der Waals surface area contributed by atoms with Crippen molar-refractivity contribution < 1.29 is 4.74 Å². The Labute approximate surface area is 117 Å². The fourth-order valence-corrected chi connectivity index (χ4v) is 2.21. The van der Waals surface area contributed by atoms with E-state index in [9.17, 15) is 0 Å². The van der Waals surface area contributed by atoms with E-state index in [0.29, 0.717) is 11.8 Å². The van der Waals surface area contributed by atoms with Crippen LogP contribution < -0.4 is 10.1 Å². The minimum Gasteiger partial charge on any atom is -0.475 e. The predicted molar refractivity (Wildman–Crippen MR) is 76.8 cm³/mol. The number of hydrogen-bond acceptors (Lipinski definition) is 6. The van der Waals surface area contributed by atoms with Crippen LogP contribution in [0.2, 0.25) is 0 Å². The first kappa shape index (κ1) is 13.7. The van der Waals surface area contributed by atoms with Gasteiger partial charge in [-0.25, -0.2) is 9.97 Å². The van der Waals surface area contributed by atoms with E-state index >= 15 is 0 Å². The van der Waals surface area contributed by atoms with Gasteiger partial charge in [0.05, 0.1) is 16.8 Å². The summed E-state index contributed by atoms with van der Waals surface area (Å²) in [4.78, 5) is 12.9. The molecule has 0 aliphatic heterocycles. The van der Waals surface area contributed by atoms with E-state index in [-0.39, 0.29) is 6.10 Å². The van der Waals surface area contributed by atoms with Gasteiger partial charge in [-0.05, 0) is 20.8 Å². The van der Waals surface area contributed by atoms with Gasteiger partial charge in [0.25, 0.3) is 0 Å². The van der Waals surface area contributed by atoms with Crippen LogP contribution in [-0.4, -0.2) is 27.6 Å². The van der Waals surface area contributed by atoms with Crippen LogP contribution in [0, 0.1) is 6.92 Å². The van der Waals surface area contributed by atoms with Crippen LogP contribution in [0.4, 0.5) is 5.95 Å². The van der Waals surface area contributed by atoms with Crippen LogP contribution in [0.15, 0.2) is 17.6 Å². The third-order valence-electron chi connectivity index (χ3n) is 2.32. The largest absolute Gasteiger partial charge is 0.475 e. The predicted octanol–water partition coefficient (Wildman–Crippen LogP) is 2.68. The first-order valence-electron chi connectivity index (χ1n) is 6.28. The number of aromatic nitrogens is 3. The molecule has 0 saturated heterocycles. The smallest absolute Gasteiger partial charge is 0.225 e. The van der Waals surface area contributed by atoms with Gasteiger partial charge in [0, 0.05) is 30.6 Å². The maximum atomic E-state index is 5.52. The molecule has 0 spiro atoms. The lowest BCUT2D eigenvalue weighted by Crippen LogP contribution is -2.11. The van der Waals surface area contributed by atoms with Gasteiger partial charge in [-0.3, -0.25) is 0 Å². The molecule has 2 aromatic heterocycles. The number of nitrogens with zero attached hydrogens (tertiary/aromatic N) is 3. The number of aryl methyl sites for hydroxylation is 1. The topological polar surface area (TPSA) is 59.9 Å². The molecular formula is C13H18N4OS. The van der Waals surface area contributed by atoms with Crippen molar-refractivity contribution in [3.8, 4) is 5.88 Å². The van der Waals surface area contributed by atoms with Crippen LogP contribution in [0.5, 0.6) is 5.88 Å². The normalized spacial score (nSPS) is 10.7. The van der Waals surface area contributed by atoms with E-state index in [0.717, 1.165) is 23.7 Å². The molecule has 0 unspecified atom stereocenters. The quantitative estimate of drug-likeness (QED) is 0.880. The van der Waals surface area contributed by atoms with Crippen molar-refractivity contribution in [1.82, 2.24) is 15.0 Å². The Morgan fingerprint density at radius 2 is 2.21 bits per heavy atom. The summed E-state index contributed by atoms with van der Waals surface area (Å²) in [5, 5.41) is 6.35. The second-order valence-corrected chi connectivity index (χ2v) is 5.48. The second-order valence-electron chi connectivity index (χ2n) is 4.42. The Kier molecular flexibility index (Phi) is 4.68. The van der Waals surface area contributed by atoms with Gasteiger partial charge in [0.2, 0.25) is 11.8 Å². The summed E-state index contributed by atoms with van der Waals surface area (Å²) in [7, 11) is 0. The molecule has 2 heterocycles. The number of nitrogens with one attached hydrogen (secondary N) is 1. The third-order valence-corrected chi connectivity index (χ3v) is 3.14. The lowest BCUT2D eigenvalue weighted by Gasteiger charge is -2.09. The Bertz CT molecular complexity index is 527. The molecule has 1 N–H and O–H groups in total. The molecule has 6 heteroatoms. The third kappa shape index (κ3) is 4.48. The minimum atomic E-state index is 0.112. The molecule has 0 bridgehead atoms. The number of hydrogen-bond donors (Lipinski definition) is 1. The summed E-state index contributed by atoms with van der Waals surface area (Å²) >= 11 is 1.67. The van der Waals surface area contributed by atoms with Crippen LogP contribution in [0.1, 0.15) is 24.5 Å². The zero-order valence-corrected chi connectivity index (χ0v) is 12.2. The standard InChI is InChI=1S/C13H18N4OS/c1-9(2)18-12-5-7-15-13(17-12)14-6-4-11-8-19-10(3)16-11/h5,7-9H,4,6H2,1-3H3,(H,14,15,17). The molecule has 19 heavy (non-hydrogen) atoms. The highest BCUT2D eigenvalue weighted by molar-refractivity contribution is 7.09. The van der Waals surface area contributed by atoms with E-state index in [1.54, 1.807) is 23.6 Å². The maximum Gasteiger partial charge on any atom is 0.225 e. The molecule has 5 nitrogen and oxygen atoms in total. The maximum absolute atomic E-state index is 5.52. The van der Waals surface area contributed by atoms with Crippen molar-refractivity contribution in [2.24, 2.45) is 0 Å². The van der Waals surface area contributed by atoms with Crippen LogP contribution in [-0.2, 0) is 6.42 Å². The highest BCUT2D eigenvalue weighted by atomic mass is 32.1. The summed E-state index contributed by atoms with van der Waals surface area (Å²) in [5.74, 6) is 1.18. The van der Waals surface area contributed by atoms with E-state index in [4.69, 9.17) is 4.74 Å². The molecule has 0 fully saturated rings. The van der Waals surface area contributed by atoms with E-state index in [2.05, 4.69) is 25.6 Å². The van der Waals surface area contributed by atoms with Crippen molar-refractivity contribution in [2.45, 2.75) is 33.3 Å². The van der Waals surface area contributed by atoms with Gasteiger partial charge in [-0.2, -0.15) is 4.98 Å². The Morgan fingerprint density at radius 3 is 2.89 bits per heavy atom. The molecular weight excluding hydrogens is 260 g/mol. The lowest BCUT2D eigenvalue weighted by atomic mass is 10.3. The molecule has 0 amide bonds. The van der Waals surface area contributed by atoms with Gasteiger partial charge in [-0.1, -0.05) is 0 Å². The zero-order valence-electron chi connectivity index (χ0n) is 11.4. The minimum absolute atomic E-state index is 0.112. The van der Waals surface area contributed by atoms with Gasteiger partial charge < -0.3 is 10.1 Å². The Balaban J connectivity index is 1.85. The molecule has 0 saturated carbocycles. The monoisotopic (exact) mass is 278 g/mol. The highest BCUT2D eigenvalue weighted by Gasteiger charge is 2.03. The molecule has 0 atom stereocenters. The summed E-state index contributed by atoms with van der Waals surface area (Å²) in [6.07, 6.45) is 2.67. The molecule has 0 aromatic carbocycles. The Morgan fingerprint density at radius 1 is 1.37 bits per heavy atom. The van der Waals surface area contributed by atoms with E-state index in [1.807, 2.05) is 20.8 Å². The SMILES string of the molecule is Cc1nc(CCNc2nccc(OC(C)C)n2)cs1. The fraction of sp³-hybridized carbons (Fsp3) is 0.462. The van der Waals surface area contributed by atoms with Crippen molar-refractivity contribution >= 4 is 17.3 Å². The molecule has 0 aliphatic rings. The average Bonchev–Trinajstić information content (AvgIpc) is 2.75. The fourth-order valence-electron chi connectivity index (χ4n) is 1.56. The average molecular weight is 278 g/mol. The zero-order chi connectivity index (χ0) is 13.7. The number of anilines is 1.